The van der Waals surface area contributed by atoms with Crippen molar-refractivity contribution in [1.82, 2.24) is 4.90 Å². The third-order valence-corrected chi connectivity index (χ3v) is 6.81. The number of carbonyl (C=O) groups excluding carboxylic acids is 2. The van der Waals surface area contributed by atoms with Crippen LogP contribution in [0.1, 0.15) is 32.1 Å². The van der Waals surface area contributed by atoms with Crippen molar-refractivity contribution in [2.24, 2.45) is 5.92 Å². The Morgan fingerprint density at radius 3 is 2.77 bits per heavy atom. The zero-order valence-electron chi connectivity index (χ0n) is 14.5. The number of carboxylic acid groups (broad SMARTS) is 1. The average molecular weight is 374 g/mol. The summed E-state index contributed by atoms with van der Waals surface area (Å²) in [5, 5.41) is 9.62. The molecule has 3 unspecified atom stereocenters. The molecule has 6 nitrogen and oxygen atoms in total. The molecular formula is C19H22N2O4S. The van der Waals surface area contributed by atoms with Crippen LogP contribution in [0.25, 0.3) is 0 Å². The van der Waals surface area contributed by atoms with Crippen molar-refractivity contribution in [3.63, 3.8) is 0 Å². The monoisotopic (exact) mass is 374 g/mol. The highest BCUT2D eigenvalue weighted by molar-refractivity contribution is 8.00. The second kappa shape index (κ2) is 6.95. The minimum absolute atomic E-state index is 0.00172. The van der Waals surface area contributed by atoms with Crippen molar-refractivity contribution in [3.05, 3.63) is 24.3 Å². The minimum atomic E-state index is -0.936. The summed E-state index contributed by atoms with van der Waals surface area (Å²) < 4.78 is 0. The van der Waals surface area contributed by atoms with E-state index in [0.717, 1.165) is 36.3 Å². The van der Waals surface area contributed by atoms with E-state index >= 15 is 0 Å². The minimum Gasteiger partial charge on any atom is -0.480 e. The molecule has 0 bridgehead atoms. The number of carboxylic acids is 1. The van der Waals surface area contributed by atoms with E-state index in [4.69, 9.17) is 0 Å². The van der Waals surface area contributed by atoms with Gasteiger partial charge in [-0.3, -0.25) is 9.59 Å². The van der Waals surface area contributed by atoms with Crippen molar-refractivity contribution in [3.8, 4) is 0 Å². The first-order valence-electron chi connectivity index (χ1n) is 9.12. The molecule has 1 saturated heterocycles. The Labute approximate surface area is 156 Å². The first-order valence-corrected chi connectivity index (χ1v) is 10.1. The van der Waals surface area contributed by atoms with Gasteiger partial charge in [0.2, 0.25) is 11.8 Å². The van der Waals surface area contributed by atoms with Crippen LogP contribution in [-0.2, 0) is 14.4 Å². The van der Waals surface area contributed by atoms with Gasteiger partial charge in [-0.15, -0.1) is 11.8 Å². The maximum absolute atomic E-state index is 13.1. The Kier molecular flexibility index (Phi) is 4.65. The first kappa shape index (κ1) is 17.4. The molecule has 4 rings (SSSR count). The number of fused-ring (bicyclic) bond motifs is 2. The Morgan fingerprint density at radius 1 is 1.19 bits per heavy atom. The largest absolute Gasteiger partial charge is 0.480 e. The summed E-state index contributed by atoms with van der Waals surface area (Å²) in [6, 6.07) is 6.78. The van der Waals surface area contributed by atoms with Crippen molar-refractivity contribution in [2.75, 3.05) is 17.2 Å². The lowest BCUT2D eigenvalue weighted by molar-refractivity contribution is -0.149. The summed E-state index contributed by atoms with van der Waals surface area (Å²) >= 11 is 1.47. The number of benzene rings is 1. The molecule has 1 aromatic rings. The van der Waals surface area contributed by atoms with E-state index < -0.39 is 12.0 Å². The molecule has 1 aliphatic carbocycles. The predicted molar refractivity (Wildman–Crippen MR) is 98.2 cm³/mol. The van der Waals surface area contributed by atoms with Crippen LogP contribution in [0.5, 0.6) is 0 Å². The third-order valence-electron chi connectivity index (χ3n) is 5.76. The van der Waals surface area contributed by atoms with Crippen LogP contribution < -0.4 is 4.90 Å². The fourth-order valence-corrected chi connectivity index (χ4v) is 5.52. The van der Waals surface area contributed by atoms with Gasteiger partial charge >= 0.3 is 5.97 Å². The summed E-state index contributed by atoms with van der Waals surface area (Å²) in [6.07, 6.45) is 4.51. The van der Waals surface area contributed by atoms with Crippen LogP contribution in [0.4, 0.5) is 5.69 Å². The molecule has 3 aliphatic rings. The molecule has 0 radical (unpaired) electrons. The number of nitrogens with zero attached hydrogens (tertiary/aromatic N) is 2. The smallest absolute Gasteiger partial charge is 0.326 e. The van der Waals surface area contributed by atoms with Crippen LogP contribution in [0.15, 0.2) is 29.2 Å². The van der Waals surface area contributed by atoms with Crippen LogP contribution in [0.2, 0.25) is 0 Å². The lowest BCUT2D eigenvalue weighted by Crippen LogP contribution is -2.51. The Balaban J connectivity index is 1.59. The zero-order valence-corrected chi connectivity index (χ0v) is 15.3. The molecule has 7 heteroatoms. The van der Waals surface area contributed by atoms with Gasteiger partial charge in [0.15, 0.2) is 0 Å². The summed E-state index contributed by atoms with van der Waals surface area (Å²) in [7, 11) is 0. The number of anilines is 1. The van der Waals surface area contributed by atoms with Gasteiger partial charge in [-0.25, -0.2) is 4.79 Å². The van der Waals surface area contributed by atoms with Crippen molar-refractivity contribution in [2.45, 2.75) is 49.1 Å². The molecule has 1 saturated carbocycles. The molecule has 138 valence electrons. The number of hydrogen-bond acceptors (Lipinski definition) is 4. The molecule has 2 fully saturated rings. The van der Waals surface area contributed by atoms with Gasteiger partial charge in [-0.1, -0.05) is 25.0 Å². The summed E-state index contributed by atoms with van der Waals surface area (Å²) in [4.78, 5) is 41.3. The molecule has 2 aliphatic heterocycles. The Morgan fingerprint density at radius 2 is 1.96 bits per heavy atom. The van der Waals surface area contributed by atoms with Crippen LogP contribution in [0.3, 0.4) is 0 Å². The third kappa shape index (κ3) is 2.98. The Hall–Kier alpha value is -2.02. The Bertz CT molecular complexity index is 753. The first-order chi connectivity index (χ1) is 12.6. The molecule has 0 aromatic heterocycles. The molecule has 0 spiro atoms. The van der Waals surface area contributed by atoms with Crippen molar-refractivity contribution >= 4 is 35.2 Å². The van der Waals surface area contributed by atoms with E-state index in [-0.39, 0.29) is 30.3 Å². The fraction of sp³-hybridized carbons (Fsp3) is 0.526. The topological polar surface area (TPSA) is 77.9 Å². The quantitative estimate of drug-likeness (QED) is 0.879. The second-order valence-corrected chi connectivity index (χ2v) is 8.26. The van der Waals surface area contributed by atoms with E-state index in [1.54, 1.807) is 4.90 Å². The summed E-state index contributed by atoms with van der Waals surface area (Å²) in [6.45, 7) is -0.0800. The number of rotatable bonds is 3. The van der Waals surface area contributed by atoms with E-state index in [1.165, 1.54) is 16.7 Å². The van der Waals surface area contributed by atoms with Gasteiger partial charge in [-0.05, 0) is 37.3 Å². The number of para-hydroxylation sites is 1. The fourth-order valence-electron chi connectivity index (χ4n) is 4.58. The summed E-state index contributed by atoms with van der Waals surface area (Å²) in [5.41, 5.74) is 0.744. The lowest BCUT2D eigenvalue weighted by Gasteiger charge is -2.35. The molecule has 2 heterocycles. The van der Waals surface area contributed by atoms with Gasteiger partial charge in [0, 0.05) is 10.9 Å². The number of aliphatic carboxylic acids is 1. The van der Waals surface area contributed by atoms with Crippen LogP contribution in [0, 0.1) is 5.92 Å². The van der Waals surface area contributed by atoms with E-state index in [2.05, 4.69) is 0 Å². The van der Waals surface area contributed by atoms with Gasteiger partial charge in [0.1, 0.15) is 12.6 Å². The standard InChI is InChI=1S/C19H22N2O4S/c22-17(10-20-14-7-3-4-8-16(14)26-11-18(20)23)21-13-6-2-1-5-12(13)9-15(21)19(24)25/h3-4,7-8,12-13,15H,1-2,5-6,9-11H2,(H,24,25). The van der Waals surface area contributed by atoms with Gasteiger partial charge in [-0.2, -0.15) is 0 Å². The van der Waals surface area contributed by atoms with Crippen LogP contribution in [-0.4, -0.2) is 52.2 Å². The van der Waals surface area contributed by atoms with E-state index in [1.807, 2.05) is 24.3 Å². The zero-order chi connectivity index (χ0) is 18.3. The number of hydrogen-bond donors (Lipinski definition) is 1. The highest BCUT2D eigenvalue weighted by Crippen LogP contribution is 2.40. The van der Waals surface area contributed by atoms with Gasteiger partial charge < -0.3 is 14.9 Å². The van der Waals surface area contributed by atoms with E-state index in [0.29, 0.717) is 12.2 Å². The second-order valence-electron chi connectivity index (χ2n) is 7.24. The highest BCUT2D eigenvalue weighted by atomic mass is 32.2. The molecule has 1 N–H and O–H groups in total. The maximum Gasteiger partial charge on any atom is 0.326 e. The molecule has 1 aromatic carbocycles. The lowest BCUT2D eigenvalue weighted by atomic mass is 9.85. The van der Waals surface area contributed by atoms with Crippen LogP contribution >= 0.6 is 11.8 Å². The highest BCUT2D eigenvalue weighted by Gasteiger charge is 2.48. The van der Waals surface area contributed by atoms with Crippen molar-refractivity contribution < 1.29 is 19.5 Å². The molecular weight excluding hydrogens is 352 g/mol. The van der Waals surface area contributed by atoms with Crippen molar-refractivity contribution in [1.29, 1.82) is 0 Å². The number of carbonyl (C=O) groups is 3. The molecule has 2 amide bonds. The molecule has 26 heavy (non-hydrogen) atoms. The summed E-state index contributed by atoms with van der Waals surface area (Å²) in [5.74, 6) is -0.712. The number of thioether (sulfide) groups is 1. The average Bonchev–Trinajstić information content (AvgIpc) is 3.04. The normalized spacial score (nSPS) is 27.8. The molecule has 3 atom stereocenters. The van der Waals surface area contributed by atoms with Gasteiger partial charge in [0.25, 0.3) is 0 Å². The number of amides is 2. The SMILES string of the molecule is O=C(O)C1CC2CCCCC2N1C(=O)CN1C(=O)CSc2ccccc21. The van der Waals surface area contributed by atoms with E-state index in [9.17, 15) is 19.5 Å². The predicted octanol–water partition coefficient (Wildman–Crippen LogP) is 2.37. The van der Waals surface area contributed by atoms with Gasteiger partial charge in [0.05, 0.1) is 11.4 Å². The number of likely N-dealkylation sites (tertiary alicyclic amines) is 1. The maximum atomic E-state index is 13.1.